The molecule has 1 aliphatic heterocycles. The van der Waals surface area contributed by atoms with Crippen LogP contribution in [-0.4, -0.2) is 34.5 Å². The third-order valence-electron chi connectivity index (χ3n) is 6.88. The van der Waals surface area contributed by atoms with Gasteiger partial charge in [0.25, 0.3) is 0 Å². The first-order chi connectivity index (χ1) is 20.8. The normalized spacial score (nSPS) is 14.2. The Labute approximate surface area is 268 Å². The molecule has 0 bridgehead atoms. The highest BCUT2D eigenvalue weighted by Gasteiger charge is 2.36. The maximum absolute atomic E-state index is 13.4. The lowest BCUT2D eigenvalue weighted by Gasteiger charge is -2.28. The van der Waals surface area contributed by atoms with Gasteiger partial charge in [0.2, 0.25) is 11.1 Å². The van der Waals surface area contributed by atoms with Gasteiger partial charge in [0.15, 0.2) is 11.5 Å². The third-order valence-corrected chi connectivity index (χ3v) is 8.72. The summed E-state index contributed by atoms with van der Waals surface area (Å²) in [5.74, 6) is 1.78. The van der Waals surface area contributed by atoms with Crippen molar-refractivity contribution in [3.05, 3.63) is 104 Å². The van der Waals surface area contributed by atoms with Crippen molar-refractivity contribution in [3.63, 3.8) is 0 Å². The standard InChI is InChI=1S/C32H32BrClN4O4S/c1-5-14-41-30(39)27-20(3)35-31-36-32(43-18-22-8-6-7-9-25(22)34)37-38(31)28(27)23-15-24(33)29(26(16-23)40-4)42-17-21-12-10-19(2)11-13-21/h6-13,15-16,28H,5,14,17-18H2,1-4H3,(H,35,36,37). The van der Waals surface area contributed by atoms with Gasteiger partial charge in [-0.25, -0.2) is 9.48 Å². The molecule has 1 aliphatic rings. The first-order valence-electron chi connectivity index (χ1n) is 13.8. The fourth-order valence-corrected chi connectivity index (χ4v) is 6.36. The minimum absolute atomic E-state index is 0.310. The predicted molar refractivity (Wildman–Crippen MR) is 173 cm³/mol. The molecule has 1 unspecified atom stereocenters. The van der Waals surface area contributed by atoms with Crippen molar-refractivity contribution in [2.24, 2.45) is 0 Å². The van der Waals surface area contributed by atoms with Gasteiger partial charge in [-0.3, -0.25) is 0 Å². The van der Waals surface area contributed by atoms with Crippen LogP contribution in [0, 0.1) is 6.92 Å². The number of carbonyl (C=O) groups excluding carboxylic acids is 1. The van der Waals surface area contributed by atoms with Crippen LogP contribution in [0.25, 0.3) is 0 Å². The minimum atomic E-state index is -0.626. The molecule has 0 fully saturated rings. The Hall–Kier alpha value is -3.47. The van der Waals surface area contributed by atoms with Crippen LogP contribution >= 0.6 is 39.3 Å². The van der Waals surface area contributed by atoms with Gasteiger partial charge in [0.1, 0.15) is 12.6 Å². The average Bonchev–Trinajstić information content (AvgIpc) is 3.40. The van der Waals surface area contributed by atoms with Crippen LogP contribution in [-0.2, 0) is 21.9 Å². The maximum atomic E-state index is 13.4. The van der Waals surface area contributed by atoms with E-state index in [9.17, 15) is 4.79 Å². The number of thioether (sulfide) groups is 1. The van der Waals surface area contributed by atoms with Crippen LogP contribution in [0.4, 0.5) is 5.95 Å². The number of hydrogen-bond acceptors (Lipinski definition) is 8. The zero-order chi connectivity index (χ0) is 30.5. The van der Waals surface area contributed by atoms with E-state index in [-0.39, 0.29) is 0 Å². The van der Waals surface area contributed by atoms with Crippen LogP contribution in [0.1, 0.15) is 48.6 Å². The Balaban J connectivity index is 1.50. The van der Waals surface area contributed by atoms with Gasteiger partial charge in [-0.05, 0) is 71.1 Å². The van der Waals surface area contributed by atoms with Gasteiger partial charge in [-0.2, -0.15) is 4.98 Å². The summed E-state index contributed by atoms with van der Waals surface area (Å²) in [7, 11) is 1.59. The van der Waals surface area contributed by atoms with E-state index in [4.69, 9.17) is 35.9 Å². The summed E-state index contributed by atoms with van der Waals surface area (Å²) in [5, 5.41) is 9.32. The quantitative estimate of drug-likeness (QED) is 0.125. The Morgan fingerprint density at radius 2 is 1.91 bits per heavy atom. The molecule has 0 saturated carbocycles. The molecule has 1 N–H and O–H groups in total. The first-order valence-corrected chi connectivity index (χ1v) is 16.0. The Morgan fingerprint density at radius 1 is 1.14 bits per heavy atom. The molecular formula is C32H32BrClN4O4S. The Bertz CT molecular complexity index is 1660. The molecule has 1 atom stereocenters. The number of anilines is 1. The lowest BCUT2D eigenvalue weighted by molar-refractivity contribution is -0.139. The van der Waals surface area contributed by atoms with Crippen molar-refractivity contribution in [3.8, 4) is 11.5 Å². The topological polar surface area (TPSA) is 87.5 Å². The number of benzene rings is 3. The maximum Gasteiger partial charge on any atom is 0.338 e. The van der Waals surface area contributed by atoms with Crippen molar-refractivity contribution in [2.75, 3.05) is 19.0 Å². The van der Waals surface area contributed by atoms with Crippen molar-refractivity contribution in [2.45, 2.75) is 50.8 Å². The number of nitrogens with one attached hydrogen (secondary N) is 1. The number of aromatic nitrogens is 3. The average molecular weight is 684 g/mol. The van der Waals surface area contributed by atoms with E-state index in [1.165, 1.54) is 17.3 Å². The van der Waals surface area contributed by atoms with Crippen molar-refractivity contribution in [1.82, 2.24) is 14.8 Å². The van der Waals surface area contributed by atoms with Gasteiger partial charge in [0, 0.05) is 16.5 Å². The molecule has 0 aliphatic carbocycles. The Kier molecular flexibility index (Phi) is 10.00. The molecule has 224 valence electrons. The lowest BCUT2D eigenvalue weighted by Crippen LogP contribution is -2.30. The second kappa shape index (κ2) is 13.9. The Morgan fingerprint density at radius 3 is 2.63 bits per heavy atom. The number of ether oxygens (including phenoxy) is 3. The van der Waals surface area contributed by atoms with Gasteiger partial charge in [0.05, 0.1) is 23.8 Å². The number of allylic oxidation sites excluding steroid dienone is 1. The fraction of sp³-hybridized carbons (Fsp3) is 0.281. The molecule has 0 radical (unpaired) electrons. The second-order valence-corrected chi connectivity index (χ2v) is 12.3. The van der Waals surface area contributed by atoms with Crippen molar-refractivity contribution < 1.29 is 19.0 Å². The molecule has 1 aromatic heterocycles. The van der Waals surface area contributed by atoms with Gasteiger partial charge >= 0.3 is 5.97 Å². The number of carbonyl (C=O) groups is 1. The van der Waals surface area contributed by atoms with Crippen LogP contribution in [0.5, 0.6) is 11.5 Å². The number of hydrogen-bond donors (Lipinski definition) is 1. The minimum Gasteiger partial charge on any atom is -0.493 e. The van der Waals surface area contributed by atoms with Crippen molar-refractivity contribution in [1.29, 1.82) is 0 Å². The second-order valence-electron chi connectivity index (χ2n) is 10.1. The number of halogens is 2. The van der Waals surface area contributed by atoms with Crippen LogP contribution < -0.4 is 14.8 Å². The fourth-order valence-electron chi connectivity index (χ4n) is 4.67. The molecule has 2 heterocycles. The summed E-state index contributed by atoms with van der Waals surface area (Å²) in [5.41, 5.74) is 5.04. The molecule has 5 rings (SSSR count). The number of aryl methyl sites for hydroxylation is 1. The number of esters is 1. The zero-order valence-electron chi connectivity index (χ0n) is 24.3. The van der Waals surface area contributed by atoms with Crippen LogP contribution in [0.3, 0.4) is 0 Å². The SMILES string of the molecule is CCCOC(=O)C1=C(C)Nc2nc(SCc3ccccc3Cl)nn2C1c1cc(Br)c(OCc2ccc(C)cc2)c(OC)c1. The molecular weight excluding hydrogens is 652 g/mol. The summed E-state index contributed by atoms with van der Waals surface area (Å²) >= 11 is 11.5. The molecule has 11 heteroatoms. The third kappa shape index (κ3) is 7.03. The van der Waals surface area contributed by atoms with E-state index in [2.05, 4.69) is 33.4 Å². The molecule has 8 nitrogen and oxygen atoms in total. The van der Waals surface area contributed by atoms with Crippen LogP contribution in [0.2, 0.25) is 5.02 Å². The monoisotopic (exact) mass is 682 g/mol. The molecule has 3 aromatic carbocycles. The van der Waals surface area contributed by atoms with Gasteiger partial charge < -0.3 is 19.5 Å². The molecule has 0 spiro atoms. The summed E-state index contributed by atoms with van der Waals surface area (Å²) in [6.07, 6.45) is 0.708. The van der Waals surface area contributed by atoms with Gasteiger partial charge in [-0.1, -0.05) is 78.3 Å². The van der Waals surface area contributed by atoms with E-state index >= 15 is 0 Å². The summed E-state index contributed by atoms with van der Waals surface area (Å²) in [4.78, 5) is 18.2. The number of fused-ring (bicyclic) bond motifs is 1. The predicted octanol–water partition coefficient (Wildman–Crippen LogP) is 8.12. The van der Waals surface area contributed by atoms with E-state index in [0.29, 0.717) is 68.8 Å². The highest BCUT2D eigenvalue weighted by Crippen LogP contribution is 2.43. The summed E-state index contributed by atoms with van der Waals surface area (Å²) in [6, 6.07) is 19.0. The molecule has 0 saturated heterocycles. The zero-order valence-corrected chi connectivity index (χ0v) is 27.5. The molecule has 4 aromatic rings. The van der Waals surface area contributed by atoms with Gasteiger partial charge in [-0.15, -0.1) is 5.10 Å². The highest BCUT2D eigenvalue weighted by molar-refractivity contribution is 9.10. The van der Waals surface area contributed by atoms with E-state index in [1.54, 1.807) is 11.8 Å². The van der Waals surface area contributed by atoms with E-state index < -0.39 is 12.0 Å². The van der Waals surface area contributed by atoms with E-state index in [1.807, 2.05) is 69.3 Å². The summed E-state index contributed by atoms with van der Waals surface area (Å²) < 4.78 is 20.0. The largest absolute Gasteiger partial charge is 0.493 e. The first kappa shape index (κ1) is 31.0. The number of rotatable bonds is 11. The summed E-state index contributed by atoms with van der Waals surface area (Å²) in [6.45, 7) is 6.53. The lowest BCUT2D eigenvalue weighted by atomic mass is 9.95. The molecule has 0 amide bonds. The highest BCUT2D eigenvalue weighted by atomic mass is 79.9. The molecule has 43 heavy (non-hydrogen) atoms. The van der Waals surface area contributed by atoms with Crippen LogP contribution in [0.15, 0.2) is 81.6 Å². The number of nitrogens with zero attached hydrogens (tertiary/aromatic N) is 3. The van der Waals surface area contributed by atoms with E-state index in [0.717, 1.165) is 16.7 Å². The van der Waals surface area contributed by atoms with Crippen molar-refractivity contribution >= 4 is 51.2 Å². The smallest absolute Gasteiger partial charge is 0.338 e. The number of methoxy groups -OCH3 is 1.